The Morgan fingerprint density at radius 3 is 2.55 bits per heavy atom. The van der Waals surface area contributed by atoms with E-state index >= 15 is 0 Å². The van der Waals surface area contributed by atoms with Crippen LogP contribution in [0.25, 0.3) is 0 Å². The summed E-state index contributed by atoms with van der Waals surface area (Å²) in [4.78, 5) is 4.18. The molecule has 0 spiro atoms. The predicted octanol–water partition coefficient (Wildman–Crippen LogP) is 4.71. The van der Waals surface area contributed by atoms with Crippen molar-refractivity contribution in [3.05, 3.63) is 47.3 Å². The van der Waals surface area contributed by atoms with Crippen molar-refractivity contribution in [2.75, 3.05) is 13.7 Å². The molecule has 0 aliphatic heterocycles. The van der Waals surface area contributed by atoms with Crippen LogP contribution >= 0.6 is 24.0 Å². The molecule has 0 aliphatic rings. The zero-order chi connectivity index (χ0) is 20.4. The minimum atomic E-state index is -2.49. The molecule has 1 aromatic heterocycles. The molecule has 0 amide bonds. The number of aromatic nitrogens is 1. The van der Waals surface area contributed by atoms with Crippen molar-refractivity contribution in [2.45, 2.75) is 52.1 Å². The third-order valence-corrected chi connectivity index (χ3v) is 4.37. The van der Waals surface area contributed by atoms with Gasteiger partial charge < -0.3 is 19.9 Å². The number of nitrogens with one attached hydrogen (secondary N) is 2. The van der Waals surface area contributed by atoms with Gasteiger partial charge >= 0.3 is 0 Å². The highest BCUT2D eigenvalue weighted by atomic mass is 127. The second-order valence-electron chi connectivity index (χ2n) is 6.36. The molecule has 0 radical (unpaired) electrons. The van der Waals surface area contributed by atoms with E-state index in [1.807, 2.05) is 12.1 Å². The van der Waals surface area contributed by atoms with E-state index in [-0.39, 0.29) is 24.0 Å². The van der Waals surface area contributed by atoms with Crippen molar-refractivity contribution in [2.24, 2.45) is 4.99 Å². The summed E-state index contributed by atoms with van der Waals surface area (Å²) >= 11 is 0. The number of nitrogens with zero attached hydrogens (tertiary/aromatic N) is 2. The Hall–Kier alpha value is -1.91. The Bertz CT molecular complexity index is 752. The average molecular weight is 522 g/mol. The van der Waals surface area contributed by atoms with Gasteiger partial charge in [0.15, 0.2) is 11.7 Å². The Balaban J connectivity index is 0.00000420. The second kappa shape index (κ2) is 13.3. The minimum Gasteiger partial charge on any atom is -0.488 e. The van der Waals surface area contributed by atoms with Crippen molar-refractivity contribution in [3.63, 3.8) is 0 Å². The summed E-state index contributed by atoms with van der Waals surface area (Å²) in [5.41, 5.74) is 1.87. The average Bonchev–Trinajstić information content (AvgIpc) is 3.16. The molecule has 0 bridgehead atoms. The van der Waals surface area contributed by atoms with Gasteiger partial charge in [0.2, 0.25) is 0 Å². The number of hydrogen-bond acceptors (Lipinski definition) is 4. The van der Waals surface area contributed by atoms with E-state index in [9.17, 15) is 8.78 Å². The lowest BCUT2D eigenvalue weighted by atomic mass is 9.99. The Kier molecular flexibility index (Phi) is 11.6. The van der Waals surface area contributed by atoms with E-state index in [1.165, 1.54) is 0 Å². The molecule has 9 heteroatoms. The maximum absolute atomic E-state index is 12.3. The zero-order valence-electron chi connectivity index (χ0n) is 17.0. The summed E-state index contributed by atoms with van der Waals surface area (Å²) in [6.45, 7) is 4.60. The van der Waals surface area contributed by atoms with Crippen LogP contribution in [0.3, 0.4) is 0 Å². The van der Waals surface area contributed by atoms with Crippen molar-refractivity contribution in [3.8, 4) is 5.75 Å². The zero-order valence-corrected chi connectivity index (χ0v) is 19.3. The van der Waals surface area contributed by atoms with Crippen LogP contribution in [0, 0.1) is 0 Å². The smallest absolute Gasteiger partial charge is 0.272 e. The Morgan fingerprint density at radius 2 is 1.90 bits per heavy atom. The van der Waals surface area contributed by atoms with E-state index in [4.69, 9.17) is 9.26 Å². The molecule has 162 valence electrons. The lowest BCUT2D eigenvalue weighted by molar-refractivity contribution is 0.0818. The van der Waals surface area contributed by atoms with Crippen LogP contribution in [0.15, 0.2) is 39.8 Å². The number of hydrogen-bond donors (Lipinski definition) is 2. The molecule has 0 fully saturated rings. The van der Waals surface area contributed by atoms with Crippen molar-refractivity contribution in [1.29, 1.82) is 0 Å². The van der Waals surface area contributed by atoms with Gasteiger partial charge in [-0.25, -0.2) is 8.78 Å². The van der Waals surface area contributed by atoms with Crippen molar-refractivity contribution in [1.82, 2.24) is 15.8 Å². The maximum Gasteiger partial charge on any atom is 0.272 e. The van der Waals surface area contributed by atoms with Crippen LogP contribution in [0.5, 0.6) is 5.75 Å². The topological polar surface area (TPSA) is 71.7 Å². The first-order valence-electron chi connectivity index (χ1n) is 9.45. The van der Waals surface area contributed by atoms with Crippen molar-refractivity contribution >= 4 is 29.9 Å². The number of ether oxygens (including phenoxy) is 1. The molecule has 0 saturated heterocycles. The van der Waals surface area contributed by atoms with Crippen molar-refractivity contribution < 1.29 is 18.0 Å². The fraction of sp³-hybridized carbons (Fsp3) is 0.500. The summed E-state index contributed by atoms with van der Waals surface area (Å²) in [7, 11) is 1.67. The highest BCUT2D eigenvalue weighted by Gasteiger charge is 2.13. The molecular weight excluding hydrogens is 493 g/mol. The molecule has 1 aromatic carbocycles. The summed E-state index contributed by atoms with van der Waals surface area (Å²) in [6, 6.07) is 9.00. The third-order valence-electron chi connectivity index (χ3n) is 4.37. The van der Waals surface area contributed by atoms with Gasteiger partial charge in [0.25, 0.3) is 6.43 Å². The fourth-order valence-corrected chi connectivity index (χ4v) is 2.79. The fourth-order valence-electron chi connectivity index (χ4n) is 2.79. The third kappa shape index (κ3) is 8.55. The molecule has 0 aliphatic carbocycles. The predicted molar refractivity (Wildman–Crippen MR) is 120 cm³/mol. The highest BCUT2D eigenvalue weighted by molar-refractivity contribution is 14.0. The van der Waals surface area contributed by atoms with Gasteiger partial charge in [-0.15, -0.1) is 24.0 Å². The van der Waals surface area contributed by atoms with Gasteiger partial charge in [-0.2, -0.15) is 0 Å². The summed E-state index contributed by atoms with van der Waals surface area (Å²) in [6.07, 6.45) is -0.440. The summed E-state index contributed by atoms with van der Waals surface area (Å²) in [5.74, 6) is 2.17. The normalized spacial score (nSPS) is 11.5. The quantitative estimate of drug-likeness (QED) is 0.269. The molecule has 2 N–H and O–H groups in total. The molecule has 29 heavy (non-hydrogen) atoms. The van der Waals surface area contributed by atoms with Crippen LogP contribution in [0.4, 0.5) is 8.78 Å². The first-order chi connectivity index (χ1) is 13.5. The SMILES string of the molecule is CCC(CC)c1cc(CNC(=NC)NCc2cccc(OCC(F)F)c2)on1.I. The van der Waals surface area contributed by atoms with Gasteiger partial charge in [-0.3, -0.25) is 4.99 Å². The standard InChI is InChI=1S/C20H28F2N4O2.HI/c1-4-15(5-2)18-10-17(28-26-18)12-25-20(23-3)24-11-14-7-6-8-16(9-14)27-13-19(21)22;/h6-10,15,19H,4-5,11-13H2,1-3H3,(H2,23,24,25);1H. The number of rotatable bonds is 10. The van der Waals surface area contributed by atoms with Crippen LogP contribution in [0.1, 0.15) is 49.6 Å². The van der Waals surface area contributed by atoms with Crippen LogP contribution in [0.2, 0.25) is 0 Å². The molecule has 2 rings (SSSR count). The van der Waals surface area contributed by atoms with Crippen LogP contribution in [-0.4, -0.2) is 31.2 Å². The van der Waals surface area contributed by atoms with E-state index in [1.54, 1.807) is 25.2 Å². The first kappa shape index (κ1) is 25.1. The lowest BCUT2D eigenvalue weighted by Crippen LogP contribution is -2.36. The largest absolute Gasteiger partial charge is 0.488 e. The van der Waals surface area contributed by atoms with E-state index in [2.05, 4.69) is 34.6 Å². The van der Waals surface area contributed by atoms with Gasteiger partial charge in [0, 0.05) is 25.6 Å². The Labute approximate surface area is 187 Å². The lowest BCUT2D eigenvalue weighted by Gasteiger charge is -2.12. The molecule has 0 unspecified atom stereocenters. The first-order valence-corrected chi connectivity index (χ1v) is 9.45. The molecule has 0 saturated carbocycles. The van der Waals surface area contributed by atoms with Gasteiger partial charge in [0.1, 0.15) is 12.4 Å². The van der Waals surface area contributed by atoms with Gasteiger partial charge in [0.05, 0.1) is 12.2 Å². The summed E-state index contributed by atoms with van der Waals surface area (Å²) in [5, 5.41) is 10.5. The Morgan fingerprint density at radius 1 is 1.17 bits per heavy atom. The summed E-state index contributed by atoms with van der Waals surface area (Å²) < 4.78 is 35.0. The van der Waals surface area contributed by atoms with Crippen LogP contribution in [-0.2, 0) is 13.1 Å². The molecule has 1 heterocycles. The molecule has 2 aromatic rings. The number of guanidine groups is 1. The number of halogens is 3. The van der Waals surface area contributed by atoms with Gasteiger partial charge in [-0.1, -0.05) is 31.1 Å². The second-order valence-corrected chi connectivity index (χ2v) is 6.36. The van der Waals surface area contributed by atoms with E-state index < -0.39 is 13.0 Å². The molecule has 0 atom stereocenters. The van der Waals surface area contributed by atoms with E-state index in [0.717, 1.165) is 29.9 Å². The van der Waals surface area contributed by atoms with Gasteiger partial charge in [-0.05, 0) is 30.5 Å². The maximum atomic E-state index is 12.3. The van der Waals surface area contributed by atoms with Crippen LogP contribution < -0.4 is 15.4 Å². The monoisotopic (exact) mass is 522 g/mol. The molecular formula is C20H29F2IN4O2. The number of aliphatic imine (C=N–C) groups is 1. The number of alkyl halides is 2. The number of benzene rings is 1. The minimum absolute atomic E-state index is 0. The van der Waals surface area contributed by atoms with E-state index in [0.29, 0.717) is 30.7 Å². The molecule has 6 nitrogen and oxygen atoms in total. The highest BCUT2D eigenvalue weighted by Crippen LogP contribution is 2.22.